The van der Waals surface area contributed by atoms with Crippen LogP contribution < -0.4 is 5.32 Å². The smallest absolute Gasteiger partial charge is 0.229 e. The van der Waals surface area contributed by atoms with Gasteiger partial charge in [0.15, 0.2) is 5.13 Å². The van der Waals surface area contributed by atoms with Gasteiger partial charge in [-0.3, -0.25) is 0 Å². The SMILES string of the molecule is CNc1nc(O)c(CO)s1. The van der Waals surface area contributed by atoms with Crippen molar-refractivity contribution >= 4 is 16.5 Å². The van der Waals surface area contributed by atoms with Gasteiger partial charge in [0.1, 0.15) is 0 Å². The Morgan fingerprint density at radius 2 is 2.40 bits per heavy atom. The molecule has 1 aromatic rings. The van der Waals surface area contributed by atoms with E-state index in [2.05, 4.69) is 10.3 Å². The number of aliphatic hydroxyl groups is 1. The summed E-state index contributed by atoms with van der Waals surface area (Å²) in [6.45, 7) is -0.162. The Morgan fingerprint density at radius 3 is 2.70 bits per heavy atom. The summed E-state index contributed by atoms with van der Waals surface area (Å²) in [6.07, 6.45) is 0. The maximum absolute atomic E-state index is 8.96. The maximum atomic E-state index is 8.96. The van der Waals surface area contributed by atoms with Crippen molar-refractivity contribution in [1.29, 1.82) is 0 Å². The van der Waals surface area contributed by atoms with E-state index >= 15 is 0 Å². The molecule has 0 saturated carbocycles. The molecule has 1 aromatic heterocycles. The topological polar surface area (TPSA) is 65.4 Å². The van der Waals surface area contributed by atoms with Crippen molar-refractivity contribution in [2.75, 3.05) is 12.4 Å². The van der Waals surface area contributed by atoms with Gasteiger partial charge in [-0.25, -0.2) is 0 Å². The Kier molecular flexibility index (Phi) is 2.08. The van der Waals surface area contributed by atoms with Crippen molar-refractivity contribution in [1.82, 2.24) is 4.98 Å². The van der Waals surface area contributed by atoms with E-state index in [0.717, 1.165) is 0 Å². The number of nitrogens with zero attached hydrogens (tertiary/aromatic N) is 1. The molecule has 1 rings (SSSR count). The van der Waals surface area contributed by atoms with Gasteiger partial charge < -0.3 is 15.5 Å². The number of aromatic nitrogens is 1. The molecule has 56 valence electrons. The third-order valence-corrected chi connectivity index (χ3v) is 2.08. The minimum absolute atomic E-state index is 0.0862. The van der Waals surface area contributed by atoms with E-state index in [0.29, 0.717) is 10.0 Å². The van der Waals surface area contributed by atoms with Crippen LogP contribution in [0.15, 0.2) is 0 Å². The molecule has 10 heavy (non-hydrogen) atoms. The Morgan fingerprint density at radius 1 is 1.70 bits per heavy atom. The predicted molar refractivity (Wildman–Crippen MR) is 39.2 cm³/mol. The fraction of sp³-hybridized carbons (Fsp3) is 0.400. The van der Waals surface area contributed by atoms with Crippen molar-refractivity contribution in [2.24, 2.45) is 0 Å². The van der Waals surface area contributed by atoms with Gasteiger partial charge in [-0.15, -0.1) is 0 Å². The average Bonchev–Trinajstić information content (AvgIpc) is 2.30. The van der Waals surface area contributed by atoms with E-state index in [1.165, 1.54) is 11.3 Å². The summed E-state index contributed by atoms with van der Waals surface area (Å²) in [7, 11) is 1.71. The Hall–Kier alpha value is -0.810. The molecule has 0 bridgehead atoms. The first-order chi connectivity index (χ1) is 4.77. The fourth-order valence-corrected chi connectivity index (χ4v) is 1.22. The van der Waals surface area contributed by atoms with Gasteiger partial charge in [-0.1, -0.05) is 11.3 Å². The van der Waals surface area contributed by atoms with Crippen LogP contribution in [0, 0.1) is 0 Å². The average molecular weight is 160 g/mol. The van der Waals surface area contributed by atoms with E-state index in [4.69, 9.17) is 10.2 Å². The number of aromatic hydroxyl groups is 1. The first kappa shape index (κ1) is 7.30. The van der Waals surface area contributed by atoms with Gasteiger partial charge in [0.25, 0.3) is 0 Å². The van der Waals surface area contributed by atoms with Crippen molar-refractivity contribution in [3.05, 3.63) is 4.88 Å². The van der Waals surface area contributed by atoms with Crippen LogP contribution in [0.1, 0.15) is 4.88 Å². The van der Waals surface area contributed by atoms with E-state index in [1.54, 1.807) is 7.05 Å². The van der Waals surface area contributed by atoms with E-state index < -0.39 is 0 Å². The lowest BCUT2D eigenvalue weighted by Crippen LogP contribution is -1.83. The van der Waals surface area contributed by atoms with E-state index in [9.17, 15) is 0 Å². The molecule has 0 saturated heterocycles. The second kappa shape index (κ2) is 2.85. The molecule has 1 heterocycles. The van der Waals surface area contributed by atoms with E-state index in [1.807, 2.05) is 0 Å². The van der Waals surface area contributed by atoms with Crippen LogP contribution in [-0.4, -0.2) is 22.2 Å². The Labute approximate surface area is 62.2 Å². The quantitative estimate of drug-likeness (QED) is 0.585. The van der Waals surface area contributed by atoms with Gasteiger partial charge in [0, 0.05) is 7.05 Å². The Bertz CT molecular complexity index is 223. The molecule has 0 aliphatic carbocycles. The molecule has 0 fully saturated rings. The minimum Gasteiger partial charge on any atom is -0.492 e. The summed E-state index contributed by atoms with van der Waals surface area (Å²) in [5.74, 6) is -0.0862. The number of rotatable bonds is 2. The largest absolute Gasteiger partial charge is 0.492 e. The molecule has 0 spiro atoms. The summed E-state index contributed by atoms with van der Waals surface area (Å²) in [5, 5.41) is 20.9. The molecular weight excluding hydrogens is 152 g/mol. The van der Waals surface area contributed by atoms with Crippen LogP contribution in [0.25, 0.3) is 0 Å². The number of anilines is 1. The second-order valence-electron chi connectivity index (χ2n) is 1.67. The number of thiazole rings is 1. The second-order valence-corrected chi connectivity index (χ2v) is 2.76. The predicted octanol–water partition coefficient (Wildman–Crippen LogP) is 0.383. The van der Waals surface area contributed by atoms with Gasteiger partial charge in [-0.2, -0.15) is 4.98 Å². The molecule has 0 atom stereocenters. The fourth-order valence-electron chi connectivity index (χ4n) is 0.554. The molecule has 0 aromatic carbocycles. The number of aliphatic hydroxyl groups excluding tert-OH is 1. The molecule has 0 unspecified atom stereocenters. The summed E-state index contributed by atoms with van der Waals surface area (Å²) in [6, 6.07) is 0. The third-order valence-electron chi connectivity index (χ3n) is 1.03. The van der Waals surface area contributed by atoms with Crippen LogP contribution in [0.4, 0.5) is 5.13 Å². The summed E-state index contributed by atoms with van der Waals surface area (Å²) < 4.78 is 0. The highest BCUT2D eigenvalue weighted by Gasteiger charge is 2.06. The summed E-state index contributed by atoms with van der Waals surface area (Å²) in [4.78, 5) is 4.19. The lowest BCUT2D eigenvalue weighted by Gasteiger charge is -1.85. The van der Waals surface area contributed by atoms with Gasteiger partial charge in [0.2, 0.25) is 5.88 Å². The highest BCUT2D eigenvalue weighted by molar-refractivity contribution is 7.15. The molecule has 3 N–H and O–H groups in total. The lowest BCUT2D eigenvalue weighted by atomic mass is 10.6. The van der Waals surface area contributed by atoms with Crippen molar-refractivity contribution in [2.45, 2.75) is 6.61 Å². The van der Waals surface area contributed by atoms with Gasteiger partial charge >= 0.3 is 0 Å². The number of nitrogens with one attached hydrogen (secondary N) is 1. The number of hydrogen-bond donors (Lipinski definition) is 3. The van der Waals surface area contributed by atoms with Gasteiger partial charge in [0.05, 0.1) is 11.5 Å². The summed E-state index contributed by atoms with van der Waals surface area (Å²) >= 11 is 1.24. The monoisotopic (exact) mass is 160 g/mol. The van der Waals surface area contributed by atoms with E-state index in [-0.39, 0.29) is 12.5 Å². The lowest BCUT2D eigenvalue weighted by molar-refractivity contribution is 0.278. The zero-order valence-electron chi connectivity index (χ0n) is 5.46. The maximum Gasteiger partial charge on any atom is 0.229 e. The molecule has 0 radical (unpaired) electrons. The van der Waals surface area contributed by atoms with Crippen LogP contribution in [0.3, 0.4) is 0 Å². The molecule has 0 aliphatic rings. The van der Waals surface area contributed by atoms with Crippen molar-refractivity contribution in [3.63, 3.8) is 0 Å². The molecule has 4 nitrogen and oxygen atoms in total. The van der Waals surface area contributed by atoms with Crippen LogP contribution in [-0.2, 0) is 6.61 Å². The normalized spacial score (nSPS) is 9.80. The highest BCUT2D eigenvalue weighted by Crippen LogP contribution is 2.26. The van der Waals surface area contributed by atoms with Crippen molar-refractivity contribution in [3.8, 4) is 5.88 Å². The third kappa shape index (κ3) is 1.19. The highest BCUT2D eigenvalue weighted by atomic mass is 32.1. The first-order valence-corrected chi connectivity index (χ1v) is 3.57. The first-order valence-electron chi connectivity index (χ1n) is 2.75. The molecule has 5 heteroatoms. The van der Waals surface area contributed by atoms with Crippen molar-refractivity contribution < 1.29 is 10.2 Å². The molecule has 0 amide bonds. The van der Waals surface area contributed by atoms with Crippen LogP contribution in [0.5, 0.6) is 5.88 Å². The Balaban J connectivity index is 2.92. The zero-order chi connectivity index (χ0) is 7.56. The van der Waals surface area contributed by atoms with Crippen LogP contribution >= 0.6 is 11.3 Å². The molecule has 0 aliphatic heterocycles. The minimum atomic E-state index is -0.162. The van der Waals surface area contributed by atoms with Crippen LogP contribution in [0.2, 0.25) is 0 Å². The zero-order valence-corrected chi connectivity index (χ0v) is 6.27. The summed E-state index contributed by atoms with van der Waals surface area (Å²) in [5.41, 5.74) is 0. The standard InChI is InChI=1S/C5H8N2O2S/c1-6-5-7-4(9)3(2-8)10-5/h8-9H,2H2,1H3,(H,6,7). The molecular formula is C5H8N2O2S. The van der Waals surface area contributed by atoms with Gasteiger partial charge in [-0.05, 0) is 0 Å². The number of hydrogen-bond acceptors (Lipinski definition) is 5.